The van der Waals surface area contributed by atoms with Gasteiger partial charge in [-0.15, -0.1) is 0 Å². The summed E-state index contributed by atoms with van der Waals surface area (Å²) in [6.45, 7) is 3.87. The average Bonchev–Trinajstić information content (AvgIpc) is 2.36. The molecule has 1 rings (SSSR count). The van der Waals surface area contributed by atoms with E-state index >= 15 is 0 Å². The third kappa shape index (κ3) is 3.40. The topological polar surface area (TPSA) is 50.4 Å². The van der Waals surface area contributed by atoms with Gasteiger partial charge in [-0.05, 0) is 26.0 Å². The van der Waals surface area contributed by atoms with Gasteiger partial charge in [0.05, 0.1) is 23.0 Å². The van der Waals surface area contributed by atoms with Crippen molar-refractivity contribution in [3.8, 4) is 0 Å². The molecule has 18 heavy (non-hydrogen) atoms. The molecule has 98 valence electrons. The van der Waals surface area contributed by atoms with Crippen molar-refractivity contribution in [2.45, 2.75) is 13.8 Å². The Morgan fingerprint density at radius 2 is 2.22 bits per heavy atom. The Kier molecular flexibility index (Phi) is 5.52. The van der Waals surface area contributed by atoms with E-state index in [1.165, 1.54) is 0 Å². The summed E-state index contributed by atoms with van der Waals surface area (Å²) in [6.07, 6.45) is 1.67. The van der Waals surface area contributed by atoms with E-state index in [-0.39, 0.29) is 5.97 Å². The highest BCUT2D eigenvalue weighted by molar-refractivity contribution is 6.34. The zero-order valence-corrected chi connectivity index (χ0v) is 11.5. The van der Waals surface area contributed by atoms with E-state index in [1.54, 1.807) is 33.0 Å². The third-order valence-corrected chi connectivity index (χ3v) is 2.63. The molecule has 0 saturated carbocycles. The molecule has 2 N–H and O–H groups in total. The van der Waals surface area contributed by atoms with Crippen molar-refractivity contribution >= 4 is 28.9 Å². The zero-order valence-electron chi connectivity index (χ0n) is 10.7. The molecule has 0 amide bonds. The maximum Gasteiger partial charge on any atom is 0.354 e. The molecule has 1 aromatic carbocycles. The predicted octanol–water partition coefficient (Wildman–Crippen LogP) is 3.26. The largest absolute Gasteiger partial charge is 0.461 e. The fourth-order valence-electron chi connectivity index (χ4n) is 1.48. The summed E-state index contributed by atoms with van der Waals surface area (Å²) in [4.78, 5) is 11.7. The summed E-state index contributed by atoms with van der Waals surface area (Å²) in [5.74, 6) is -0.387. The van der Waals surface area contributed by atoms with Gasteiger partial charge in [0.15, 0.2) is 0 Å². The number of anilines is 2. The number of ether oxygens (including phenoxy) is 1. The summed E-state index contributed by atoms with van der Waals surface area (Å²) in [5, 5.41) is 6.59. The van der Waals surface area contributed by atoms with Crippen LogP contribution in [0.25, 0.3) is 0 Å². The second-order valence-electron chi connectivity index (χ2n) is 3.46. The summed E-state index contributed by atoms with van der Waals surface area (Å²) < 4.78 is 4.95. The van der Waals surface area contributed by atoms with Gasteiger partial charge in [-0.25, -0.2) is 4.79 Å². The van der Waals surface area contributed by atoms with E-state index < -0.39 is 0 Å². The van der Waals surface area contributed by atoms with E-state index in [0.717, 1.165) is 11.4 Å². The fourth-order valence-corrected chi connectivity index (χ4v) is 1.75. The van der Waals surface area contributed by atoms with E-state index in [2.05, 4.69) is 10.6 Å². The number of allylic oxidation sites excluding steroid dienone is 1. The monoisotopic (exact) mass is 268 g/mol. The number of esters is 1. The Bertz CT molecular complexity index is 458. The molecule has 0 unspecified atom stereocenters. The van der Waals surface area contributed by atoms with Crippen molar-refractivity contribution < 1.29 is 9.53 Å². The van der Waals surface area contributed by atoms with E-state index in [1.807, 2.05) is 12.1 Å². The summed E-state index contributed by atoms with van der Waals surface area (Å²) in [6, 6.07) is 5.42. The SMILES string of the molecule is C/C=C(\Nc1cccc(Cl)c1NC)C(=O)OCC. The lowest BCUT2D eigenvalue weighted by Crippen LogP contribution is -2.15. The molecule has 4 nitrogen and oxygen atoms in total. The molecule has 0 aliphatic rings. The van der Waals surface area contributed by atoms with Gasteiger partial charge in [-0.2, -0.15) is 0 Å². The first-order valence-electron chi connectivity index (χ1n) is 5.70. The molecule has 0 spiro atoms. The van der Waals surface area contributed by atoms with Gasteiger partial charge in [0, 0.05) is 7.05 Å². The van der Waals surface area contributed by atoms with Crippen LogP contribution in [-0.2, 0) is 9.53 Å². The molecule has 0 aromatic heterocycles. The maximum atomic E-state index is 11.7. The second-order valence-corrected chi connectivity index (χ2v) is 3.87. The minimum atomic E-state index is -0.387. The van der Waals surface area contributed by atoms with Crippen LogP contribution < -0.4 is 10.6 Å². The molecule has 0 fully saturated rings. The van der Waals surface area contributed by atoms with Crippen LogP contribution in [0.5, 0.6) is 0 Å². The summed E-state index contributed by atoms with van der Waals surface area (Å²) in [7, 11) is 1.77. The number of nitrogens with one attached hydrogen (secondary N) is 2. The van der Waals surface area contributed by atoms with Crippen molar-refractivity contribution in [2.24, 2.45) is 0 Å². The Labute approximate surface area is 112 Å². The van der Waals surface area contributed by atoms with Crippen molar-refractivity contribution in [1.82, 2.24) is 0 Å². The standard InChI is InChI=1S/C13H17ClN2O2/c1-4-10(13(17)18-5-2)16-11-8-6-7-9(14)12(11)15-3/h4,6-8,15-16H,5H2,1-3H3/b10-4-. The third-order valence-electron chi connectivity index (χ3n) is 2.32. The number of benzene rings is 1. The Morgan fingerprint density at radius 1 is 1.50 bits per heavy atom. The van der Waals surface area contributed by atoms with Gasteiger partial charge in [-0.3, -0.25) is 0 Å². The van der Waals surface area contributed by atoms with Gasteiger partial charge in [0.1, 0.15) is 5.70 Å². The molecule has 0 atom stereocenters. The molecule has 0 heterocycles. The lowest BCUT2D eigenvalue weighted by Gasteiger charge is -2.14. The van der Waals surface area contributed by atoms with Crippen LogP contribution in [0.1, 0.15) is 13.8 Å². The molecule has 0 aliphatic heterocycles. The fraction of sp³-hybridized carbons (Fsp3) is 0.308. The number of hydrogen-bond donors (Lipinski definition) is 2. The highest BCUT2D eigenvalue weighted by Crippen LogP contribution is 2.30. The zero-order chi connectivity index (χ0) is 13.5. The molecule has 5 heteroatoms. The van der Waals surface area contributed by atoms with Crippen molar-refractivity contribution in [3.63, 3.8) is 0 Å². The number of para-hydroxylation sites is 1. The number of carbonyl (C=O) groups excluding carboxylic acids is 1. The smallest absolute Gasteiger partial charge is 0.354 e. The van der Waals surface area contributed by atoms with Crippen molar-refractivity contribution in [2.75, 3.05) is 24.3 Å². The first-order valence-corrected chi connectivity index (χ1v) is 6.08. The van der Waals surface area contributed by atoms with Crippen LogP contribution in [0.3, 0.4) is 0 Å². The van der Waals surface area contributed by atoms with Crippen LogP contribution in [0.4, 0.5) is 11.4 Å². The highest BCUT2D eigenvalue weighted by atomic mass is 35.5. The molecular formula is C13H17ClN2O2. The highest BCUT2D eigenvalue weighted by Gasteiger charge is 2.12. The van der Waals surface area contributed by atoms with Crippen LogP contribution in [0, 0.1) is 0 Å². The van der Waals surface area contributed by atoms with Crippen LogP contribution in [-0.4, -0.2) is 19.6 Å². The number of rotatable bonds is 5. The summed E-state index contributed by atoms with van der Waals surface area (Å²) in [5.41, 5.74) is 1.85. The molecular weight excluding hydrogens is 252 g/mol. The number of hydrogen-bond acceptors (Lipinski definition) is 4. The first kappa shape index (κ1) is 14.4. The number of carbonyl (C=O) groups is 1. The molecule has 0 aliphatic carbocycles. The molecule has 0 radical (unpaired) electrons. The quantitative estimate of drug-likeness (QED) is 0.636. The Morgan fingerprint density at radius 3 is 2.78 bits per heavy atom. The normalized spacial score (nSPS) is 11.0. The predicted molar refractivity (Wildman–Crippen MR) is 75.0 cm³/mol. The maximum absolute atomic E-state index is 11.7. The van der Waals surface area contributed by atoms with E-state index in [9.17, 15) is 4.79 Å². The molecule has 0 bridgehead atoms. The van der Waals surface area contributed by atoms with Crippen LogP contribution >= 0.6 is 11.6 Å². The van der Waals surface area contributed by atoms with Gasteiger partial charge < -0.3 is 15.4 Å². The van der Waals surface area contributed by atoms with Crippen molar-refractivity contribution in [1.29, 1.82) is 0 Å². The van der Waals surface area contributed by atoms with E-state index in [4.69, 9.17) is 16.3 Å². The lowest BCUT2D eigenvalue weighted by molar-refractivity contribution is -0.138. The average molecular weight is 269 g/mol. The van der Waals surface area contributed by atoms with E-state index in [0.29, 0.717) is 17.3 Å². The van der Waals surface area contributed by atoms with Gasteiger partial charge in [0.25, 0.3) is 0 Å². The van der Waals surface area contributed by atoms with Gasteiger partial charge in [-0.1, -0.05) is 23.7 Å². The minimum absolute atomic E-state index is 0.340. The lowest BCUT2D eigenvalue weighted by atomic mass is 10.2. The van der Waals surface area contributed by atoms with Crippen LogP contribution in [0.2, 0.25) is 5.02 Å². The summed E-state index contributed by atoms with van der Waals surface area (Å²) >= 11 is 6.06. The molecule has 0 saturated heterocycles. The van der Waals surface area contributed by atoms with Gasteiger partial charge >= 0.3 is 5.97 Å². The second kappa shape index (κ2) is 6.91. The van der Waals surface area contributed by atoms with Crippen molar-refractivity contribution in [3.05, 3.63) is 35.0 Å². The first-order chi connectivity index (χ1) is 8.63. The Hall–Kier alpha value is -1.68. The minimum Gasteiger partial charge on any atom is -0.461 e. The molecule has 1 aromatic rings. The van der Waals surface area contributed by atoms with Gasteiger partial charge in [0.2, 0.25) is 0 Å². The number of halogens is 1. The Balaban J connectivity index is 2.96. The van der Waals surface area contributed by atoms with Crippen LogP contribution in [0.15, 0.2) is 30.0 Å².